The molecule has 1 rings (SSSR count). The van der Waals surface area contributed by atoms with Crippen molar-refractivity contribution in [2.75, 3.05) is 18.5 Å². The van der Waals surface area contributed by atoms with E-state index in [1.807, 2.05) is 30.3 Å². The predicted molar refractivity (Wildman–Crippen MR) is 81.8 cm³/mol. The molecule has 4 heteroatoms. The van der Waals surface area contributed by atoms with Crippen molar-refractivity contribution < 1.29 is 9.53 Å². The number of nitrogens with one attached hydrogen (secondary N) is 1. The maximum Gasteiger partial charge on any atom is 0.223 e. The average molecular weight is 328 g/mol. The summed E-state index contributed by atoms with van der Waals surface area (Å²) in [6.07, 6.45) is 2.59. The van der Waals surface area contributed by atoms with E-state index >= 15 is 0 Å². The summed E-state index contributed by atoms with van der Waals surface area (Å²) in [6, 6.07) is 9.55. The van der Waals surface area contributed by atoms with E-state index in [-0.39, 0.29) is 5.91 Å². The molecule has 19 heavy (non-hydrogen) atoms. The molecule has 0 radical (unpaired) electrons. The minimum atomic E-state index is 0.0592. The Morgan fingerprint density at radius 2 is 2.11 bits per heavy atom. The number of alkyl halides is 1. The van der Waals surface area contributed by atoms with Gasteiger partial charge >= 0.3 is 0 Å². The fourth-order valence-corrected chi connectivity index (χ4v) is 2.38. The Kier molecular flexibility index (Phi) is 8.30. The van der Waals surface area contributed by atoms with Crippen LogP contribution in [0, 0.1) is 5.92 Å². The highest BCUT2D eigenvalue weighted by Gasteiger charge is 2.08. The minimum Gasteiger partial charge on any atom is -0.493 e. The van der Waals surface area contributed by atoms with Gasteiger partial charge in [-0.1, -0.05) is 47.5 Å². The lowest BCUT2D eigenvalue weighted by molar-refractivity contribution is -0.121. The topological polar surface area (TPSA) is 38.3 Å². The van der Waals surface area contributed by atoms with Crippen molar-refractivity contribution in [2.45, 2.75) is 26.2 Å². The van der Waals surface area contributed by atoms with Crippen LogP contribution < -0.4 is 10.1 Å². The van der Waals surface area contributed by atoms with Gasteiger partial charge in [0.1, 0.15) is 5.75 Å². The molecule has 0 saturated heterocycles. The zero-order valence-electron chi connectivity index (χ0n) is 11.4. The van der Waals surface area contributed by atoms with Gasteiger partial charge in [-0.05, 0) is 24.5 Å². The molecule has 0 fully saturated rings. The summed E-state index contributed by atoms with van der Waals surface area (Å²) >= 11 is 3.43. The standard InChI is InChI=1S/C15H22BrNO2/c1-2-13(8-10-16)12-17-15(18)9-11-19-14-6-4-3-5-7-14/h3-7,13H,2,8-12H2,1H3,(H,17,18). The van der Waals surface area contributed by atoms with E-state index < -0.39 is 0 Å². The molecule has 1 aromatic carbocycles. The lowest BCUT2D eigenvalue weighted by Crippen LogP contribution is -2.30. The largest absolute Gasteiger partial charge is 0.493 e. The highest BCUT2D eigenvalue weighted by molar-refractivity contribution is 9.09. The third-order valence-corrected chi connectivity index (χ3v) is 3.48. The van der Waals surface area contributed by atoms with Gasteiger partial charge in [0.25, 0.3) is 0 Å². The second kappa shape index (κ2) is 9.84. The second-order valence-electron chi connectivity index (χ2n) is 4.47. The lowest BCUT2D eigenvalue weighted by atomic mass is 10.0. The molecule has 0 heterocycles. The van der Waals surface area contributed by atoms with Gasteiger partial charge in [0, 0.05) is 11.9 Å². The summed E-state index contributed by atoms with van der Waals surface area (Å²) in [4.78, 5) is 11.7. The van der Waals surface area contributed by atoms with E-state index in [0.29, 0.717) is 18.9 Å². The second-order valence-corrected chi connectivity index (χ2v) is 5.26. The summed E-state index contributed by atoms with van der Waals surface area (Å²) in [6.45, 7) is 3.33. The van der Waals surface area contributed by atoms with Crippen LogP contribution >= 0.6 is 15.9 Å². The molecular weight excluding hydrogens is 306 g/mol. The van der Waals surface area contributed by atoms with Crippen LogP contribution in [0.1, 0.15) is 26.2 Å². The van der Waals surface area contributed by atoms with E-state index in [1.165, 1.54) is 0 Å². The maximum absolute atomic E-state index is 11.7. The zero-order chi connectivity index (χ0) is 13.9. The number of para-hydroxylation sites is 1. The summed E-state index contributed by atoms with van der Waals surface area (Å²) in [5, 5.41) is 3.95. The third-order valence-electron chi connectivity index (χ3n) is 3.02. The third kappa shape index (κ3) is 7.21. The molecule has 1 atom stereocenters. The van der Waals surface area contributed by atoms with E-state index in [9.17, 15) is 4.79 Å². The summed E-state index contributed by atoms with van der Waals surface area (Å²) < 4.78 is 5.49. The number of halogens is 1. The number of amides is 1. The van der Waals surface area contributed by atoms with Crippen molar-refractivity contribution in [1.82, 2.24) is 5.32 Å². The average Bonchev–Trinajstić information content (AvgIpc) is 2.44. The molecule has 1 N–H and O–H groups in total. The number of ether oxygens (including phenoxy) is 1. The normalized spacial score (nSPS) is 11.9. The fraction of sp³-hybridized carbons (Fsp3) is 0.533. The molecule has 0 spiro atoms. The van der Waals surface area contributed by atoms with Gasteiger partial charge in [0.15, 0.2) is 0 Å². The first-order valence-electron chi connectivity index (χ1n) is 6.76. The van der Waals surface area contributed by atoms with Crippen LogP contribution in [0.5, 0.6) is 5.75 Å². The van der Waals surface area contributed by atoms with Gasteiger partial charge in [-0.15, -0.1) is 0 Å². The monoisotopic (exact) mass is 327 g/mol. The highest BCUT2D eigenvalue weighted by atomic mass is 79.9. The van der Waals surface area contributed by atoms with Crippen molar-refractivity contribution in [3.8, 4) is 5.75 Å². The first-order chi connectivity index (χ1) is 9.26. The Morgan fingerprint density at radius 3 is 2.74 bits per heavy atom. The SMILES string of the molecule is CCC(CCBr)CNC(=O)CCOc1ccccc1. The molecule has 1 amide bonds. The molecule has 0 aromatic heterocycles. The number of carbonyl (C=O) groups excluding carboxylic acids is 1. The Bertz CT molecular complexity index is 356. The van der Waals surface area contributed by atoms with Gasteiger partial charge in [-0.2, -0.15) is 0 Å². The maximum atomic E-state index is 11.7. The summed E-state index contributed by atoms with van der Waals surface area (Å²) in [5.41, 5.74) is 0. The van der Waals surface area contributed by atoms with Crippen molar-refractivity contribution in [2.24, 2.45) is 5.92 Å². The number of rotatable bonds is 9. The van der Waals surface area contributed by atoms with E-state index in [4.69, 9.17) is 4.74 Å². The Hall–Kier alpha value is -1.03. The molecular formula is C15H22BrNO2. The van der Waals surface area contributed by atoms with Gasteiger partial charge in [0.2, 0.25) is 5.91 Å². The quantitative estimate of drug-likeness (QED) is 0.706. The number of carbonyl (C=O) groups is 1. The lowest BCUT2D eigenvalue weighted by Gasteiger charge is -2.14. The molecule has 106 valence electrons. The van der Waals surface area contributed by atoms with Crippen LogP contribution in [0.3, 0.4) is 0 Å². The molecule has 1 unspecified atom stereocenters. The van der Waals surface area contributed by atoms with Crippen molar-refractivity contribution >= 4 is 21.8 Å². The van der Waals surface area contributed by atoms with Crippen LogP contribution in [0.25, 0.3) is 0 Å². The molecule has 1 aromatic rings. The Labute approximate surface area is 123 Å². The number of hydrogen-bond acceptors (Lipinski definition) is 2. The van der Waals surface area contributed by atoms with Gasteiger partial charge in [0.05, 0.1) is 13.0 Å². The van der Waals surface area contributed by atoms with Crippen LogP contribution in [-0.2, 0) is 4.79 Å². The fourth-order valence-electron chi connectivity index (χ4n) is 1.73. The number of benzene rings is 1. The van der Waals surface area contributed by atoms with E-state index in [0.717, 1.165) is 30.5 Å². The number of hydrogen-bond donors (Lipinski definition) is 1. The van der Waals surface area contributed by atoms with Crippen molar-refractivity contribution in [3.63, 3.8) is 0 Å². The van der Waals surface area contributed by atoms with E-state index in [2.05, 4.69) is 28.2 Å². The molecule has 0 aliphatic carbocycles. The highest BCUT2D eigenvalue weighted by Crippen LogP contribution is 2.09. The van der Waals surface area contributed by atoms with Gasteiger partial charge in [-0.3, -0.25) is 4.79 Å². The Balaban J connectivity index is 2.14. The first kappa shape index (κ1) is 16.0. The zero-order valence-corrected chi connectivity index (χ0v) is 13.0. The van der Waals surface area contributed by atoms with Gasteiger partial charge in [-0.25, -0.2) is 0 Å². The molecule has 3 nitrogen and oxygen atoms in total. The molecule has 0 aliphatic heterocycles. The Morgan fingerprint density at radius 1 is 1.37 bits per heavy atom. The van der Waals surface area contributed by atoms with Crippen molar-refractivity contribution in [3.05, 3.63) is 30.3 Å². The van der Waals surface area contributed by atoms with E-state index in [1.54, 1.807) is 0 Å². The molecule has 0 aliphatic rings. The molecule has 0 bridgehead atoms. The molecule has 0 saturated carbocycles. The summed E-state index contributed by atoms with van der Waals surface area (Å²) in [7, 11) is 0. The van der Waals surface area contributed by atoms with Crippen molar-refractivity contribution in [1.29, 1.82) is 0 Å². The predicted octanol–water partition coefficient (Wildman–Crippen LogP) is 3.38. The minimum absolute atomic E-state index is 0.0592. The van der Waals surface area contributed by atoms with Crippen LogP contribution in [-0.4, -0.2) is 24.4 Å². The van der Waals surface area contributed by atoms with Crippen LogP contribution in [0.2, 0.25) is 0 Å². The van der Waals surface area contributed by atoms with Crippen LogP contribution in [0.4, 0.5) is 0 Å². The van der Waals surface area contributed by atoms with Gasteiger partial charge < -0.3 is 10.1 Å². The first-order valence-corrected chi connectivity index (χ1v) is 7.89. The van der Waals surface area contributed by atoms with Crippen LogP contribution in [0.15, 0.2) is 30.3 Å². The summed E-state index contributed by atoms with van der Waals surface area (Å²) in [5.74, 6) is 1.42. The smallest absolute Gasteiger partial charge is 0.223 e.